The first-order valence-corrected chi connectivity index (χ1v) is 9.02. The molecule has 0 aromatic carbocycles. The van der Waals surface area contributed by atoms with Gasteiger partial charge in [-0.1, -0.05) is 18.9 Å². The molecule has 1 aliphatic carbocycles. The fourth-order valence-corrected chi connectivity index (χ4v) is 3.94. The molecular formula is C19H22N4O2. The van der Waals surface area contributed by atoms with Crippen LogP contribution in [0.3, 0.4) is 0 Å². The van der Waals surface area contributed by atoms with Gasteiger partial charge in [0.25, 0.3) is 5.56 Å². The van der Waals surface area contributed by atoms with E-state index in [9.17, 15) is 9.59 Å². The number of aromatic nitrogens is 3. The molecule has 0 spiro atoms. The van der Waals surface area contributed by atoms with Crippen LogP contribution in [0.2, 0.25) is 0 Å². The Morgan fingerprint density at radius 3 is 2.80 bits per heavy atom. The standard InChI is InChI=1S/C19H22N4O2/c24-17-11-16(21-18(22-17)15-7-3-4-9-20-15)14-8-10-23(12-14)19(25)13-5-1-2-6-13/h3-4,7,9,11,13-14H,1-2,5-6,8,10,12H2,(H,21,22,24). The number of rotatable bonds is 3. The summed E-state index contributed by atoms with van der Waals surface area (Å²) in [6, 6.07) is 7.08. The minimum atomic E-state index is -0.175. The van der Waals surface area contributed by atoms with E-state index in [1.54, 1.807) is 12.3 Å². The average Bonchev–Trinajstić information content (AvgIpc) is 3.33. The van der Waals surface area contributed by atoms with Gasteiger partial charge in [-0.2, -0.15) is 0 Å². The molecule has 1 atom stereocenters. The van der Waals surface area contributed by atoms with Crippen LogP contribution in [0.5, 0.6) is 0 Å². The van der Waals surface area contributed by atoms with E-state index in [1.807, 2.05) is 23.1 Å². The van der Waals surface area contributed by atoms with Crippen molar-refractivity contribution in [2.24, 2.45) is 5.92 Å². The van der Waals surface area contributed by atoms with E-state index in [0.717, 1.165) is 44.3 Å². The van der Waals surface area contributed by atoms with Crippen LogP contribution in [0.1, 0.15) is 43.7 Å². The molecule has 2 fully saturated rings. The van der Waals surface area contributed by atoms with Crippen LogP contribution >= 0.6 is 0 Å². The Morgan fingerprint density at radius 2 is 2.04 bits per heavy atom. The fourth-order valence-electron chi connectivity index (χ4n) is 3.94. The Bertz CT molecular complexity index is 812. The van der Waals surface area contributed by atoms with Crippen molar-refractivity contribution in [3.8, 4) is 11.5 Å². The quantitative estimate of drug-likeness (QED) is 0.931. The molecular weight excluding hydrogens is 316 g/mol. The summed E-state index contributed by atoms with van der Waals surface area (Å²) in [5.74, 6) is 1.10. The lowest BCUT2D eigenvalue weighted by Gasteiger charge is -2.20. The second-order valence-corrected chi connectivity index (χ2v) is 6.99. The molecule has 2 aromatic heterocycles. The van der Waals surface area contributed by atoms with Gasteiger partial charge in [0.05, 0.1) is 5.69 Å². The molecule has 3 heterocycles. The summed E-state index contributed by atoms with van der Waals surface area (Å²) in [4.78, 5) is 38.3. The highest BCUT2D eigenvalue weighted by Crippen LogP contribution is 2.31. The summed E-state index contributed by atoms with van der Waals surface area (Å²) in [5.41, 5.74) is 1.23. The molecule has 2 aliphatic rings. The summed E-state index contributed by atoms with van der Waals surface area (Å²) in [5, 5.41) is 0. The van der Waals surface area contributed by atoms with Gasteiger partial charge in [-0.25, -0.2) is 4.98 Å². The molecule has 0 bridgehead atoms. The highest BCUT2D eigenvalue weighted by Gasteiger charge is 2.33. The zero-order valence-corrected chi connectivity index (χ0v) is 14.1. The average molecular weight is 338 g/mol. The molecule has 1 N–H and O–H groups in total. The molecule has 130 valence electrons. The highest BCUT2D eigenvalue weighted by atomic mass is 16.2. The van der Waals surface area contributed by atoms with Crippen molar-refractivity contribution in [1.29, 1.82) is 0 Å². The van der Waals surface area contributed by atoms with Gasteiger partial charge in [-0.15, -0.1) is 0 Å². The first-order valence-electron chi connectivity index (χ1n) is 9.02. The van der Waals surface area contributed by atoms with Crippen molar-refractivity contribution in [3.05, 3.63) is 46.5 Å². The number of aromatic amines is 1. The molecule has 1 unspecified atom stereocenters. The Balaban J connectivity index is 1.53. The van der Waals surface area contributed by atoms with E-state index in [0.29, 0.717) is 18.1 Å². The number of amides is 1. The normalized spacial score (nSPS) is 21.0. The first-order chi connectivity index (χ1) is 12.2. The highest BCUT2D eigenvalue weighted by molar-refractivity contribution is 5.79. The number of nitrogens with one attached hydrogen (secondary N) is 1. The van der Waals surface area contributed by atoms with Crippen molar-refractivity contribution in [2.75, 3.05) is 13.1 Å². The first kappa shape index (κ1) is 16.0. The minimum absolute atomic E-state index is 0.120. The maximum absolute atomic E-state index is 12.6. The van der Waals surface area contributed by atoms with Crippen LogP contribution in [0.15, 0.2) is 35.3 Å². The van der Waals surface area contributed by atoms with Gasteiger partial charge < -0.3 is 9.88 Å². The zero-order valence-electron chi connectivity index (χ0n) is 14.1. The molecule has 1 saturated heterocycles. The number of H-pyrrole nitrogens is 1. The number of pyridine rings is 1. The molecule has 6 nitrogen and oxygen atoms in total. The van der Waals surface area contributed by atoms with Gasteiger partial charge in [0, 0.05) is 37.2 Å². The lowest BCUT2D eigenvalue weighted by molar-refractivity contribution is -0.134. The largest absolute Gasteiger partial charge is 0.342 e. The monoisotopic (exact) mass is 338 g/mol. The van der Waals surface area contributed by atoms with E-state index in [4.69, 9.17) is 0 Å². The molecule has 0 radical (unpaired) electrons. The van der Waals surface area contributed by atoms with Crippen molar-refractivity contribution in [3.63, 3.8) is 0 Å². The van der Waals surface area contributed by atoms with Crippen LogP contribution in [0, 0.1) is 5.92 Å². The number of likely N-dealkylation sites (tertiary alicyclic amines) is 1. The number of hydrogen-bond acceptors (Lipinski definition) is 4. The molecule has 1 saturated carbocycles. The maximum atomic E-state index is 12.6. The van der Waals surface area contributed by atoms with E-state index < -0.39 is 0 Å². The SMILES string of the molecule is O=C(C1CCCC1)N1CCC(c2cc(=O)[nH]c(-c3ccccn3)n2)C1. The zero-order chi connectivity index (χ0) is 17.2. The third-order valence-corrected chi connectivity index (χ3v) is 5.29. The van der Waals surface area contributed by atoms with E-state index >= 15 is 0 Å². The molecule has 4 rings (SSSR count). The van der Waals surface area contributed by atoms with Crippen molar-refractivity contribution >= 4 is 5.91 Å². The van der Waals surface area contributed by atoms with Crippen LogP contribution in [0.25, 0.3) is 11.5 Å². The Kier molecular flexibility index (Phi) is 4.34. The number of carbonyl (C=O) groups excluding carboxylic acids is 1. The van der Waals surface area contributed by atoms with Crippen molar-refractivity contribution < 1.29 is 4.79 Å². The van der Waals surface area contributed by atoms with E-state index in [-0.39, 0.29) is 23.3 Å². The number of carbonyl (C=O) groups is 1. The second kappa shape index (κ2) is 6.78. The van der Waals surface area contributed by atoms with Crippen molar-refractivity contribution in [2.45, 2.75) is 38.0 Å². The molecule has 1 aliphatic heterocycles. The molecule has 1 amide bonds. The predicted octanol–water partition coefficient (Wildman–Crippen LogP) is 2.34. The number of hydrogen-bond donors (Lipinski definition) is 1. The second-order valence-electron chi connectivity index (χ2n) is 6.99. The Labute approximate surface area is 146 Å². The van der Waals surface area contributed by atoms with Gasteiger partial charge in [-0.3, -0.25) is 14.6 Å². The van der Waals surface area contributed by atoms with Crippen LogP contribution in [0.4, 0.5) is 0 Å². The molecule has 2 aromatic rings. The van der Waals surface area contributed by atoms with Gasteiger partial charge >= 0.3 is 0 Å². The van der Waals surface area contributed by atoms with E-state index in [1.165, 1.54) is 0 Å². The smallest absolute Gasteiger partial charge is 0.251 e. The van der Waals surface area contributed by atoms with Crippen LogP contribution < -0.4 is 5.56 Å². The third-order valence-electron chi connectivity index (χ3n) is 5.29. The topological polar surface area (TPSA) is 79.0 Å². The fraction of sp³-hybridized carbons (Fsp3) is 0.474. The molecule has 6 heteroatoms. The minimum Gasteiger partial charge on any atom is -0.342 e. The lowest BCUT2D eigenvalue weighted by Crippen LogP contribution is -2.33. The van der Waals surface area contributed by atoms with Gasteiger partial charge in [0.2, 0.25) is 5.91 Å². The lowest BCUT2D eigenvalue weighted by atomic mass is 10.0. The Morgan fingerprint density at radius 1 is 1.20 bits per heavy atom. The maximum Gasteiger partial charge on any atom is 0.251 e. The summed E-state index contributed by atoms with van der Waals surface area (Å²) >= 11 is 0. The van der Waals surface area contributed by atoms with E-state index in [2.05, 4.69) is 15.0 Å². The molecule has 25 heavy (non-hydrogen) atoms. The Hall–Kier alpha value is -2.50. The van der Waals surface area contributed by atoms with Crippen LogP contribution in [-0.4, -0.2) is 38.8 Å². The van der Waals surface area contributed by atoms with Crippen LogP contribution in [-0.2, 0) is 4.79 Å². The third kappa shape index (κ3) is 3.34. The van der Waals surface area contributed by atoms with Crippen molar-refractivity contribution in [1.82, 2.24) is 19.9 Å². The predicted molar refractivity (Wildman–Crippen MR) is 94.0 cm³/mol. The summed E-state index contributed by atoms with van der Waals surface area (Å²) in [7, 11) is 0. The van der Waals surface area contributed by atoms with Gasteiger partial charge in [0.1, 0.15) is 5.69 Å². The number of nitrogens with zero attached hydrogens (tertiary/aromatic N) is 3. The summed E-state index contributed by atoms with van der Waals surface area (Å²) in [6.45, 7) is 1.42. The van der Waals surface area contributed by atoms with Gasteiger partial charge in [-0.05, 0) is 31.4 Å². The summed E-state index contributed by atoms with van der Waals surface area (Å²) < 4.78 is 0. The van der Waals surface area contributed by atoms with Gasteiger partial charge in [0.15, 0.2) is 5.82 Å². The summed E-state index contributed by atoms with van der Waals surface area (Å²) in [6.07, 6.45) is 6.91.